The van der Waals surface area contributed by atoms with Crippen LogP contribution >= 0.6 is 0 Å². The Kier molecular flexibility index (Phi) is 5.22. The molecule has 1 amide bonds. The van der Waals surface area contributed by atoms with Crippen molar-refractivity contribution in [2.75, 3.05) is 19.7 Å². The van der Waals surface area contributed by atoms with Gasteiger partial charge < -0.3 is 9.64 Å². The number of carbonyl (C=O) groups excluding carboxylic acids is 2. The van der Waals surface area contributed by atoms with Crippen molar-refractivity contribution in [1.29, 1.82) is 0 Å². The highest BCUT2D eigenvalue weighted by Crippen LogP contribution is 2.23. The summed E-state index contributed by atoms with van der Waals surface area (Å²) in [6.07, 6.45) is 1.26. The SMILES string of the molecule is CCOC(=O)C1CCN(C(=O)c2cc(C)n3nc(C(C)(C)C)cc3n2)CC1. The molecule has 0 N–H and O–H groups in total. The summed E-state index contributed by atoms with van der Waals surface area (Å²) < 4.78 is 6.87. The summed E-state index contributed by atoms with van der Waals surface area (Å²) in [5.41, 5.74) is 2.84. The van der Waals surface area contributed by atoms with E-state index in [1.165, 1.54) is 0 Å². The number of rotatable bonds is 3. The summed E-state index contributed by atoms with van der Waals surface area (Å²) in [4.78, 5) is 31.1. The normalized spacial score (nSPS) is 16.0. The van der Waals surface area contributed by atoms with Gasteiger partial charge in [-0.1, -0.05) is 20.8 Å². The van der Waals surface area contributed by atoms with Crippen molar-refractivity contribution in [2.24, 2.45) is 5.92 Å². The Bertz CT molecular complexity index is 858. The first-order valence-corrected chi connectivity index (χ1v) is 9.54. The lowest BCUT2D eigenvalue weighted by Crippen LogP contribution is -2.41. The highest BCUT2D eigenvalue weighted by molar-refractivity contribution is 5.93. The van der Waals surface area contributed by atoms with E-state index in [0.29, 0.717) is 43.9 Å². The first-order valence-electron chi connectivity index (χ1n) is 9.54. The van der Waals surface area contributed by atoms with Crippen LogP contribution in [0.15, 0.2) is 12.1 Å². The van der Waals surface area contributed by atoms with E-state index in [9.17, 15) is 9.59 Å². The Balaban J connectivity index is 1.77. The highest BCUT2D eigenvalue weighted by atomic mass is 16.5. The molecule has 7 heteroatoms. The monoisotopic (exact) mass is 372 g/mol. The molecule has 0 atom stereocenters. The molecule has 1 aliphatic heterocycles. The first-order chi connectivity index (χ1) is 12.7. The summed E-state index contributed by atoms with van der Waals surface area (Å²) in [5, 5.41) is 4.62. The van der Waals surface area contributed by atoms with E-state index in [0.717, 1.165) is 11.4 Å². The van der Waals surface area contributed by atoms with E-state index in [-0.39, 0.29) is 23.2 Å². The number of esters is 1. The molecule has 0 spiro atoms. The molecule has 7 nitrogen and oxygen atoms in total. The largest absolute Gasteiger partial charge is 0.466 e. The van der Waals surface area contributed by atoms with Gasteiger partial charge in [0.1, 0.15) is 5.69 Å². The van der Waals surface area contributed by atoms with Crippen LogP contribution in [-0.4, -0.2) is 51.1 Å². The van der Waals surface area contributed by atoms with Crippen molar-refractivity contribution in [2.45, 2.75) is 52.9 Å². The van der Waals surface area contributed by atoms with Crippen molar-refractivity contribution < 1.29 is 14.3 Å². The topological polar surface area (TPSA) is 76.8 Å². The van der Waals surface area contributed by atoms with Crippen molar-refractivity contribution >= 4 is 17.5 Å². The molecule has 0 saturated carbocycles. The van der Waals surface area contributed by atoms with Gasteiger partial charge in [0.05, 0.1) is 18.2 Å². The fourth-order valence-electron chi connectivity index (χ4n) is 3.34. The zero-order valence-corrected chi connectivity index (χ0v) is 16.8. The average molecular weight is 372 g/mol. The molecule has 2 aromatic heterocycles. The van der Waals surface area contributed by atoms with Gasteiger partial charge in [0.15, 0.2) is 5.65 Å². The lowest BCUT2D eigenvalue weighted by molar-refractivity contribution is -0.149. The van der Waals surface area contributed by atoms with Gasteiger partial charge in [-0.05, 0) is 32.8 Å². The molecule has 3 rings (SSSR count). The van der Waals surface area contributed by atoms with Gasteiger partial charge in [0.25, 0.3) is 5.91 Å². The van der Waals surface area contributed by atoms with Crippen molar-refractivity contribution in [1.82, 2.24) is 19.5 Å². The maximum atomic E-state index is 12.9. The van der Waals surface area contributed by atoms with Crippen LogP contribution in [0.3, 0.4) is 0 Å². The van der Waals surface area contributed by atoms with E-state index in [1.54, 1.807) is 15.5 Å². The summed E-state index contributed by atoms with van der Waals surface area (Å²) >= 11 is 0. The summed E-state index contributed by atoms with van der Waals surface area (Å²) in [6, 6.07) is 3.73. The number of piperidine rings is 1. The van der Waals surface area contributed by atoms with Gasteiger partial charge in [0.2, 0.25) is 0 Å². The van der Waals surface area contributed by atoms with E-state index in [2.05, 4.69) is 30.9 Å². The Hall–Kier alpha value is -2.44. The van der Waals surface area contributed by atoms with Gasteiger partial charge >= 0.3 is 5.97 Å². The van der Waals surface area contributed by atoms with Gasteiger partial charge in [0, 0.05) is 30.3 Å². The second-order valence-corrected chi connectivity index (χ2v) is 8.15. The Morgan fingerprint density at radius 2 is 1.89 bits per heavy atom. The molecule has 1 aliphatic rings. The number of hydrogen-bond donors (Lipinski definition) is 0. The molecule has 3 heterocycles. The van der Waals surface area contributed by atoms with Crippen LogP contribution in [0.4, 0.5) is 0 Å². The molecule has 1 fully saturated rings. The molecule has 0 radical (unpaired) electrons. The number of hydrogen-bond acceptors (Lipinski definition) is 5. The molecule has 0 bridgehead atoms. The molecule has 146 valence electrons. The maximum Gasteiger partial charge on any atom is 0.309 e. The average Bonchev–Trinajstić information content (AvgIpc) is 3.07. The lowest BCUT2D eigenvalue weighted by Gasteiger charge is -2.30. The highest BCUT2D eigenvalue weighted by Gasteiger charge is 2.29. The van der Waals surface area contributed by atoms with Crippen LogP contribution in [0.2, 0.25) is 0 Å². The number of aryl methyl sites for hydroxylation is 1. The molecular weight excluding hydrogens is 344 g/mol. The quantitative estimate of drug-likeness (QED) is 0.774. The Morgan fingerprint density at radius 1 is 1.22 bits per heavy atom. The number of amides is 1. The molecule has 0 unspecified atom stereocenters. The van der Waals surface area contributed by atoms with Gasteiger partial charge in [-0.25, -0.2) is 9.50 Å². The third-order valence-electron chi connectivity index (χ3n) is 4.99. The van der Waals surface area contributed by atoms with E-state index in [4.69, 9.17) is 4.74 Å². The predicted molar refractivity (Wildman–Crippen MR) is 102 cm³/mol. The zero-order chi connectivity index (χ0) is 19.8. The molecule has 27 heavy (non-hydrogen) atoms. The second kappa shape index (κ2) is 7.29. The minimum absolute atomic E-state index is 0.0840. The summed E-state index contributed by atoms with van der Waals surface area (Å²) in [6.45, 7) is 11.5. The van der Waals surface area contributed by atoms with Gasteiger partial charge in [-0.15, -0.1) is 0 Å². The number of carbonyl (C=O) groups is 2. The third-order valence-corrected chi connectivity index (χ3v) is 4.99. The fraction of sp³-hybridized carbons (Fsp3) is 0.600. The maximum absolute atomic E-state index is 12.9. The van der Waals surface area contributed by atoms with Crippen LogP contribution in [0.1, 0.15) is 62.4 Å². The van der Waals surface area contributed by atoms with E-state index in [1.807, 2.05) is 19.9 Å². The minimum atomic E-state index is -0.158. The van der Waals surface area contributed by atoms with E-state index < -0.39 is 0 Å². The standard InChI is InChI=1S/C20H28N4O3/c1-6-27-19(26)14-7-9-23(10-8-14)18(25)15-11-13(2)24-17(21-15)12-16(22-24)20(3,4)5/h11-12,14H,6-10H2,1-5H3. The molecule has 1 saturated heterocycles. The van der Waals surface area contributed by atoms with E-state index >= 15 is 0 Å². The first kappa shape index (κ1) is 19.3. The Morgan fingerprint density at radius 3 is 2.48 bits per heavy atom. The second-order valence-electron chi connectivity index (χ2n) is 8.15. The van der Waals surface area contributed by atoms with Crippen molar-refractivity contribution in [3.8, 4) is 0 Å². The number of ether oxygens (including phenoxy) is 1. The lowest BCUT2D eigenvalue weighted by atomic mass is 9.93. The van der Waals surface area contributed by atoms with Crippen LogP contribution in [0.5, 0.6) is 0 Å². The van der Waals surface area contributed by atoms with Crippen LogP contribution in [-0.2, 0) is 14.9 Å². The van der Waals surface area contributed by atoms with Crippen LogP contribution < -0.4 is 0 Å². The third kappa shape index (κ3) is 3.96. The fourth-order valence-corrected chi connectivity index (χ4v) is 3.34. The van der Waals surface area contributed by atoms with Gasteiger partial charge in [-0.2, -0.15) is 5.10 Å². The number of nitrogens with zero attached hydrogens (tertiary/aromatic N) is 4. The predicted octanol–water partition coefficient (Wildman–Crippen LogP) is 2.75. The number of fused-ring (bicyclic) bond motifs is 1. The minimum Gasteiger partial charge on any atom is -0.466 e. The van der Waals surface area contributed by atoms with Crippen LogP contribution in [0.25, 0.3) is 5.65 Å². The summed E-state index contributed by atoms with van der Waals surface area (Å²) in [7, 11) is 0. The number of aromatic nitrogens is 3. The zero-order valence-electron chi connectivity index (χ0n) is 16.8. The number of likely N-dealkylation sites (tertiary alicyclic amines) is 1. The molecular formula is C20H28N4O3. The molecule has 0 aliphatic carbocycles. The van der Waals surface area contributed by atoms with Crippen molar-refractivity contribution in [3.05, 3.63) is 29.2 Å². The molecule has 0 aromatic carbocycles. The van der Waals surface area contributed by atoms with Crippen LogP contribution in [0, 0.1) is 12.8 Å². The van der Waals surface area contributed by atoms with Gasteiger partial charge in [-0.3, -0.25) is 9.59 Å². The Labute approximate surface area is 159 Å². The summed E-state index contributed by atoms with van der Waals surface area (Å²) in [5.74, 6) is -0.370. The molecule has 2 aromatic rings. The van der Waals surface area contributed by atoms with Crippen molar-refractivity contribution in [3.63, 3.8) is 0 Å². The smallest absolute Gasteiger partial charge is 0.309 e.